The summed E-state index contributed by atoms with van der Waals surface area (Å²) in [4.78, 5) is 21.9. The molecule has 0 N–H and O–H groups in total. The maximum atomic E-state index is 12.9. The van der Waals surface area contributed by atoms with Gasteiger partial charge in [-0.2, -0.15) is 4.31 Å². The lowest BCUT2D eigenvalue weighted by Gasteiger charge is -2.24. The Bertz CT molecular complexity index is 687. The molecule has 120 valence electrons. The molecule has 1 aliphatic rings. The summed E-state index contributed by atoms with van der Waals surface area (Å²) in [6, 6.07) is 2.55. The number of hydrogen-bond acceptors (Lipinski definition) is 6. The van der Waals surface area contributed by atoms with E-state index in [4.69, 9.17) is 4.74 Å². The van der Waals surface area contributed by atoms with Gasteiger partial charge in [-0.15, -0.1) is 0 Å². The number of benzene rings is 1. The van der Waals surface area contributed by atoms with E-state index >= 15 is 0 Å². The third kappa shape index (κ3) is 3.25. The molecule has 0 radical (unpaired) electrons. The Morgan fingerprint density at radius 1 is 1.32 bits per heavy atom. The highest BCUT2D eigenvalue weighted by Gasteiger charge is 2.42. The maximum absolute atomic E-state index is 12.9. The van der Waals surface area contributed by atoms with Gasteiger partial charge in [-0.05, 0) is 24.3 Å². The van der Waals surface area contributed by atoms with Crippen LogP contribution >= 0.6 is 0 Å². The van der Waals surface area contributed by atoms with Crippen LogP contribution in [0.3, 0.4) is 0 Å². The topological polar surface area (TPSA) is 104 Å². The molecule has 0 spiro atoms. The molecule has 1 heterocycles. The number of carboxylic acid groups (broad SMARTS) is 1. The molecule has 22 heavy (non-hydrogen) atoms. The van der Waals surface area contributed by atoms with Crippen molar-refractivity contribution in [3.8, 4) is 0 Å². The molecule has 0 aliphatic carbocycles. The summed E-state index contributed by atoms with van der Waals surface area (Å²) in [7, 11) is -4.16. The summed E-state index contributed by atoms with van der Waals surface area (Å²) >= 11 is 0. The molecule has 9 heteroatoms. The minimum atomic E-state index is -4.16. The Hall–Kier alpha value is -2.00. The molecule has 2 rings (SSSR count). The monoisotopic (exact) mass is 330 g/mol. The molecule has 1 aromatic carbocycles. The normalized spacial score (nSPS) is 22.5. The highest BCUT2D eigenvalue weighted by atomic mass is 32.2. The average molecular weight is 330 g/mol. The van der Waals surface area contributed by atoms with Gasteiger partial charge in [0.15, 0.2) is 0 Å². The number of nitrogens with zero attached hydrogens (tertiary/aromatic N) is 1. The van der Waals surface area contributed by atoms with Crippen molar-refractivity contribution in [2.24, 2.45) is 0 Å². The van der Waals surface area contributed by atoms with Crippen LogP contribution in [0.25, 0.3) is 0 Å². The van der Waals surface area contributed by atoms with Crippen LogP contribution in [-0.2, 0) is 24.3 Å². The third-order valence-corrected chi connectivity index (χ3v) is 5.13. The van der Waals surface area contributed by atoms with Gasteiger partial charge in [0.05, 0.1) is 23.5 Å². The molecule has 0 aromatic heterocycles. The summed E-state index contributed by atoms with van der Waals surface area (Å²) < 4.78 is 43.4. The van der Waals surface area contributed by atoms with Gasteiger partial charge in [0.2, 0.25) is 10.0 Å². The van der Waals surface area contributed by atoms with Crippen LogP contribution in [0.5, 0.6) is 0 Å². The van der Waals surface area contributed by atoms with Crippen molar-refractivity contribution in [3.63, 3.8) is 0 Å². The van der Waals surface area contributed by atoms with E-state index < -0.39 is 39.9 Å². The third-order valence-electron chi connectivity index (χ3n) is 3.24. The second-order valence-electron chi connectivity index (χ2n) is 4.83. The summed E-state index contributed by atoms with van der Waals surface area (Å²) in [5.41, 5.74) is 0. The first kappa shape index (κ1) is 16.4. The van der Waals surface area contributed by atoms with E-state index in [-0.39, 0.29) is 17.9 Å². The molecule has 7 nitrogen and oxygen atoms in total. The molecule has 1 aromatic rings. The van der Waals surface area contributed by atoms with Crippen molar-refractivity contribution in [3.05, 3.63) is 30.1 Å². The average Bonchev–Trinajstić information content (AvgIpc) is 2.83. The number of carbonyl (C=O) groups is 2. The molecule has 0 bridgehead atoms. The summed E-state index contributed by atoms with van der Waals surface area (Å²) in [5, 5.41) is 11.2. The molecule has 0 unspecified atom stereocenters. The van der Waals surface area contributed by atoms with E-state index in [1.807, 2.05) is 0 Å². The van der Waals surface area contributed by atoms with Crippen LogP contribution in [0.1, 0.15) is 13.3 Å². The molecular weight excluding hydrogens is 317 g/mol. The van der Waals surface area contributed by atoms with Gasteiger partial charge < -0.3 is 14.6 Å². The van der Waals surface area contributed by atoms with Gasteiger partial charge >= 0.3 is 5.97 Å². The SMILES string of the molecule is CC(=O)O[C@@H]1C[C@@H](C(=O)[O-])N(S(=O)(=O)c2ccc(F)cc2)C1. The maximum Gasteiger partial charge on any atom is 0.302 e. The zero-order valence-corrected chi connectivity index (χ0v) is 12.4. The Labute approximate surface area is 126 Å². The van der Waals surface area contributed by atoms with Crippen molar-refractivity contribution in [1.29, 1.82) is 0 Å². The summed E-state index contributed by atoms with van der Waals surface area (Å²) in [6.45, 7) is 0.850. The van der Waals surface area contributed by atoms with E-state index in [0.717, 1.165) is 31.2 Å². The number of ether oxygens (including phenoxy) is 1. The van der Waals surface area contributed by atoms with E-state index in [9.17, 15) is 27.5 Å². The zero-order chi connectivity index (χ0) is 16.5. The van der Waals surface area contributed by atoms with Crippen LogP contribution in [0, 0.1) is 5.82 Å². The molecular formula is C13H13FNO6S-. The molecule has 0 saturated carbocycles. The van der Waals surface area contributed by atoms with Crippen LogP contribution in [0.4, 0.5) is 4.39 Å². The standard InChI is InChI=1S/C13H14FNO6S/c1-8(16)21-10-6-12(13(17)18)15(7-10)22(19,20)11-4-2-9(14)3-5-11/h2-5,10,12H,6-7H2,1H3,(H,17,18)/p-1/t10-,12+/m1/s1. The first-order valence-electron chi connectivity index (χ1n) is 6.37. The Kier molecular flexibility index (Phi) is 4.47. The number of carboxylic acids is 1. The van der Waals surface area contributed by atoms with Crippen LogP contribution in [0.15, 0.2) is 29.2 Å². The van der Waals surface area contributed by atoms with Crippen molar-refractivity contribution in [1.82, 2.24) is 4.31 Å². The highest BCUT2D eigenvalue weighted by molar-refractivity contribution is 7.89. The summed E-state index contributed by atoms with van der Waals surface area (Å²) in [5.74, 6) is -2.84. The fourth-order valence-corrected chi connectivity index (χ4v) is 3.93. The molecule has 1 fully saturated rings. The van der Waals surface area contributed by atoms with Gasteiger partial charge in [-0.25, -0.2) is 12.8 Å². The number of halogens is 1. The quantitative estimate of drug-likeness (QED) is 0.674. The minimum Gasteiger partial charge on any atom is -0.548 e. The Morgan fingerprint density at radius 3 is 2.41 bits per heavy atom. The van der Waals surface area contributed by atoms with Crippen molar-refractivity contribution < 1.29 is 32.2 Å². The summed E-state index contributed by atoms with van der Waals surface area (Å²) in [6.07, 6.45) is -1.06. The fraction of sp³-hybridized carbons (Fsp3) is 0.385. The molecule has 2 atom stereocenters. The number of rotatable bonds is 4. The van der Waals surface area contributed by atoms with E-state index in [2.05, 4.69) is 0 Å². The zero-order valence-electron chi connectivity index (χ0n) is 11.6. The lowest BCUT2D eigenvalue weighted by atomic mass is 10.2. The van der Waals surface area contributed by atoms with Gasteiger partial charge in [0.1, 0.15) is 11.9 Å². The second-order valence-corrected chi connectivity index (χ2v) is 6.72. The molecule has 1 saturated heterocycles. The van der Waals surface area contributed by atoms with Crippen LogP contribution in [-0.4, -0.2) is 43.4 Å². The van der Waals surface area contributed by atoms with E-state index in [1.54, 1.807) is 0 Å². The lowest BCUT2D eigenvalue weighted by Crippen LogP contribution is -2.46. The predicted octanol–water partition coefficient (Wildman–Crippen LogP) is -0.730. The van der Waals surface area contributed by atoms with Crippen molar-refractivity contribution in [2.75, 3.05) is 6.54 Å². The Morgan fingerprint density at radius 2 is 1.91 bits per heavy atom. The number of carbonyl (C=O) groups excluding carboxylic acids is 2. The van der Waals surface area contributed by atoms with Crippen LogP contribution in [0.2, 0.25) is 0 Å². The Balaban J connectivity index is 2.33. The largest absolute Gasteiger partial charge is 0.548 e. The smallest absolute Gasteiger partial charge is 0.302 e. The van der Waals surface area contributed by atoms with E-state index in [1.165, 1.54) is 0 Å². The van der Waals surface area contributed by atoms with Gasteiger partial charge in [-0.3, -0.25) is 4.79 Å². The second kappa shape index (κ2) is 6.01. The number of hydrogen-bond donors (Lipinski definition) is 0. The van der Waals surface area contributed by atoms with Gasteiger partial charge in [0.25, 0.3) is 0 Å². The molecule has 1 aliphatic heterocycles. The molecule has 0 amide bonds. The number of aliphatic carboxylic acids is 1. The highest BCUT2D eigenvalue weighted by Crippen LogP contribution is 2.27. The van der Waals surface area contributed by atoms with Crippen molar-refractivity contribution >= 4 is 22.0 Å². The van der Waals surface area contributed by atoms with Gasteiger partial charge in [-0.1, -0.05) is 0 Å². The number of esters is 1. The van der Waals surface area contributed by atoms with Crippen molar-refractivity contribution in [2.45, 2.75) is 30.4 Å². The lowest BCUT2D eigenvalue weighted by molar-refractivity contribution is -0.309. The first-order valence-corrected chi connectivity index (χ1v) is 7.81. The number of sulfonamides is 1. The van der Waals surface area contributed by atoms with Crippen LogP contribution < -0.4 is 5.11 Å². The minimum absolute atomic E-state index is 0.192. The van der Waals surface area contributed by atoms with Gasteiger partial charge in [0, 0.05) is 13.3 Å². The predicted molar refractivity (Wildman–Crippen MR) is 69.3 cm³/mol. The fourth-order valence-electron chi connectivity index (χ4n) is 2.31. The van der Waals surface area contributed by atoms with E-state index in [0.29, 0.717) is 4.31 Å². The first-order chi connectivity index (χ1) is 10.2.